The molecule has 0 bridgehead atoms. The number of rotatable bonds is 5. The van der Waals surface area contributed by atoms with Crippen molar-refractivity contribution in [2.45, 2.75) is 38.1 Å². The standard InChI is InChI=1S/C22H25N5O3/c28-19-11-17(12-23-19)15-1-3-16(4-2-15)18-13-24-20-21(25-18)27(22(29)26-20)8-5-14-6-9-30-10-7-14/h1-4,13-14,17H,5-12H2,(H,23,28)(H,24,26,29). The van der Waals surface area contributed by atoms with Crippen molar-refractivity contribution in [3.8, 4) is 11.3 Å². The number of carbonyl (C=O) groups excluding carboxylic acids is 1. The number of hydrogen-bond acceptors (Lipinski definition) is 5. The van der Waals surface area contributed by atoms with Crippen molar-refractivity contribution in [3.05, 3.63) is 46.5 Å². The number of nitrogens with one attached hydrogen (secondary N) is 2. The average molecular weight is 407 g/mol. The Balaban J connectivity index is 1.38. The predicted octanol–water partition coefficient (Wildman–Crippen LogP) is 2.21. The quantitative estimate of drug-likeness (QED) is 0.675. The third kappa shape index (κ3) is 3.75. The molecular weight excluding hydrogens is 382 g/mol. The van der Waals surface area contributed by atoms with Gasteiger partial charge in [0.05, 0.1) is 11.9 Å². The topological polar surface area (TPSA) is 102 Å². The molecule has 0 spiro atoms. The molecule has 1 aromatic carbocycles. The van der Waals surface area contributed by atoms with Crippen LogP contribution >= 0.6 is 0 Å². The van der Waals surface area contributed by atoms with Crippen molar-refractivity contribution in [1.29, 1.82) is 0 Å². The highest BCUT2D eigenvalue weighted by Gasteiger charge is 2.23. The van der Waals surface area contributed by atoms with Crippen LogP contribution in [-0.4, -0.2) is 45.2 Å². The van der Waals surface area contributed by atoms with E-state index in [4.69, 9.17) is 9.72 Å². The van der Waals surface area contributed by atoms with E-state index in [0.29, 0.717) is 36.7 Å². The summed E-state index contributed by atoms with van der Waals surface area (Å²) in [6.07, 6.45) is 5.25. The van der Waals surface area contributed by atoms with E-state index in [1.807, 2.05) is 24.3 Å². The molecule has 3 aromatic rings. The molecule has 2 saturated heterocycles. The molecule has 4 heterocycles. The van der Waals surface area contributed by atoms with Gasteiger partial charge in [0.15, 0.2) is 11.3 Å². The molecule has 156 valence electrons. The molecule has 8 heteroatoms. The van der Waals surface area contributed by atoms with Crippen LogP contribution in [0, 0.1) is 5.92 Å². The third-order valence-corrected chi connectivity index (χ3v) is 6.24. The number of ether oxygens (including phenoxy) is 1. The number of imidazole rings is 1. The number of aryl methyl sites for hydroxylation is 1. The lowest BCUT2D eigenvalue weighted by atomic mass is 9.96. The van der Waals surface area contributed by atoms with Crippen LogP contribution in [0.25, 0.3) is 22.6 Å². The summed E-state index contributed by atoms with van der Waals surface area (Å²) in [5, 5.41) is 2.87. The lowest BCUT2D eigenvalue weighted by molar-refractivity contribution is -0.119. The van der Waals surface area contributed by atoms with Crippen LogP contribution in [-0.2, 0) is 16.1 Å². The van der Waals surface area contributed by atoms with Crippen molar-refractivity contribution < 1.29 is 9.53 Å². The Morgan fingerprint density at radius 1 is 1.13 bits per heavy atom. The molecular formula is C22H25N5O3. The monoisotopic (exact) mass is 407 g/mol. The van der Waals surface area contributed by atoms with Gasteiger partial charge in [-0.3, -0.25) is 14.3 Å². The molecule has 0 aliphatic carbocycles. The van der Waals surface area contributed by atoms with Gasteiger partial charge in [0, 0.05) is 44.2 Å². The number of benzene rings is 1. The molecule has 2 fully saturated rings. The Morgan fingerprint density at radius 3 is 2.67 bits per heavy atom. The lowest BCUT2D eigenvalue weighted by Gasteiger charge is -2.21. The van der Waals surface area contributed by atoms with E-state index < -0.39 is 0 Å². The van der Waals surface area contributed by atoms with Crippen LogP contribution < -0.4 is 11.0 Å². The summed E-state index contributed by atoms with van der Waals surface area (Å²) in [5.41, 5.74) is 3.76. The maximum Gasteiger partial charge on any atom is 0.328 e. The molecule has 1 amide bonds. The van der Waals surface area contributed by atoms with Crippen molar-refractivity contribution in [2.24, 2.45) is 5.92 Å². The largest absolute Gasteiger partial charge is 0.381 e. The summed E-state index contributed by atoms with van der Waals surface area (Å²) in [7, 11) is 0. The zero-order valence-electron chi connectivity index (χ0n) is 16.8. The summed E-state index contributed by atoms with van der Waals surface area (Å²) in [4.78, 5) is 35.9. The third-order valence-electron chi connectivity index (χ3n) is 6.24. The summed E-state index contributed by atoms with van der Waals surface area (Å²) >= 11 is 0. The molecule has 0 saturated carbocycles. The van der Waals surface area contributed by atoms with Gasteiger partial charge in [-0.25, -0.2) is 14.8 Å². The molecule has 8 nitrogen and oxygen atoms in total. The number of aromatic nitrogens is 4. The molecule has 1 atom stereocenters. The van der Waals surface area contributed by atoms with Crippen molar-refractivity contribution in [1.82, 2.24) is 24.8 Å². The van der Waals surface area contributed by atoms with Crippen LogP contribution in [0.1, 0.15) is 37.2 Å². The lowest BCUT2D eigenvalue weighted by Crippen LogP contribution is -2.22. The van der Waals surface area contributed by atoms with Crippen LogP contribution in [0.3, 0.4) is 0 Å². The molecule has 2 N–H and O–H groups in total. The van der Waals surface area contributed by atoms with E-state index >= 15 is 0 Å². The van der Waals surface area contributed by atoms with E-state index in [-0.39, 0.29) is 17.5 Å². The Kier molecular flexibility index (Phi) is 5.08. The Hall–Kier alpha value is -3.00. The van der Waals surface area contributed by atoms with E-state index in [9.17, 15) is 9.59 Å². The Bertz CT molecular complexity index is 1110. The second-order valence-electron chi connectivity index (χ2n) is 8.18. The SMILES string of the molecule is O=C1CC(c2ccc(-c3cnc4[nH]c(=O)n(CCC5CCOCC5)c4n3)cc2)CN1. The smallest absolute Gasteiger partial charge is 0.328 e. The van der Waals surface area contributed by atoms with Gasteiger partial charge < -0.3 is 10.1 Å². The van der Waals surface area contributed by atoms with Gasteiger partial charge in [-0.2, -0.15) is 0 Å². The number of aromatic amines is 1. The van der Waals surface area contributed by atoms with E-state index in [1.54, 1.807) is 10.8 Å². The predicted molar refractivity (Wildman–Crippen MR) is 112 cm³/mol. The fourth-order valence-corrected chi connectivity index (χ4v) is 4.38. The summed E-state index contributed by atoms with van der Waals surface area (Å²) in [5.74, 6) is 0.906. The minimum absolute atomic E-state index is 0.103. The molecule has 2 aliphatic rings. The van der Waals surface area contributed by atoms with Crippen LogP contribution in [0.15, 0.2) is 35.3 Å². The fourth-order valence-electron chi connectivity index (χ4n) is 4.38. The molecule has 2 aromatic heterocycles. The zero-order chi connectivity index (χ0) is 20.5. The number of H-pyrrole nitrogens is 1. The number of amides is 1. The van der Waals surface area contributed by atoms with Gasteiger partial charge in [-0.05, 0) is 30.7 Å². The second-order valence-corrected chi connectivity index (χ2v) is 8.18. The average Bonchev–Trinajstić information content (AvgIpc) is 3.35. The first-order chi connectivity index (χ1) is 14.7. The van der Waals surface area contributed by atoms with Crippen molar-refractivity contribution in [3.63, 3.8) is 0 Å². The van der Waals surface area contributed by atoms with Crippen molar-refractivity contribution >= 4 is 17.2 Å². The molecule has 5 rings (SSSR count). The van der Waals surface area contributed by atoms with Gasteiger partial charge in [-0.15, -0.1) is 0 Å². The maximum absolute atomic E-state index is 12.4. The van der Waals surface area contributed by atoms with Crippen LogP contribution in [0.5, 0.6) is 0 Å². The van der Waals surface area contributed by atoms with Gasteiger partial charge in [0.1, 0.15) is 0 Å². The van der Waals surface area contributed by atoms with Gasteiger partial charge in [-0.1, -0.05) is 24.3 Å². The van der Waals surface area contributed by atoms with Gasteiger partial charge in [0.2, 0.25) is 5.91 Å². The van der Waals surface area contributed by atoms with Crippen molar-refractivity contribution in [2.75, 3.05) is 19.8 Å². The second kappa shape index (κ2) is 8.02. The fraction of sp³-hybridized carbons (Fsp3) is 0.455. The highest BCUT2D eigenvalue weighted by atomic mass is 16.5. The first-order valence-corrected chi connectivity index (χ1v) is 10.6. The highest BCUT2D eigenvalue weighted by molar-refractivity contribution is 5.79. The van der Waals surface area contributed by atoms with Gasteiger partial charge in [0.25, 0.3) is 0 Å². The molecule has 1 unspecified atom stereocenters. The van der Waals surface area contributed by atoms with Crippen LogP contribution in [0.4, 0.5) is 0 Å². The number of carbonyl (C=O) groups is 1. The number of hydrogen-bond donors (Lipinski definition) is 2. The maximum atomic E-state index is 12.4. The molecule has 2 aliphatic heterocycles. The normalized spacial score (nSPS) is 20.0. The zero-order valence-corrected chi connectivity index (χ0v) is 16.8. The van der Waals surface area contributed by atoms with E-state index in [0.717, 1.165) is 49.3 Å². The van der Waals surface area contributed by atoms with E-state index in [2.05, 4.69) is 15.3 Å². The summed E-state index contributed by atoms with van der Waals surface area (Å²) < 4.78 is 7.12. The highest BCUT2D eigenvalue weighted by Crippen LogP contribution is 2.26. The Labute approximate surface area is 173 Å². The van der Waals surface area contributed by atoms with Gasteiger partial charge >= 0.3 is 5.69 Å². The minimum Gasteiger partial charge on any atom is -0.381 e. The minimum atomic E-state index is -0.164. The van der Waals surface area contributed by atoms with Crippen LogP contribution in [0.2, 0.25) is 0 Å². The number of fused-ring (bicyclic) bond motifs is 1. The first-order valence-electron chi connectivity index (χ1n) is 10.6. The summed E-state index contributed by atoms with van der Waals surface area (Å²) in [6.45, 7) is 2.92. The van der Waals surface area contributed by atoms with E-state index in [1.165, 1.54) is 0 Å². The summed E-state index contributed by atoms with van der Waals surface area (Å²) in [6, 6.07) is 8.10. The Morgan fingerprint density at radius 2 is 1.93 bits per heavy atom. The molecule has 0 radical (unpaired) electrons. The number of nitrogens with zero attached hydrogens (tertiary/aromatic N) is 3. The molecule has 30 heavy (non-hydrogen) atoms. The first kappa shape index (κ1) is 19.0.